The average Bonchev–Trinajstić information content (AvgIpc) is 3.11. The molecule has 6 nitrogen and oxygen atoms in total. The Kier molecular flexibility index (Phi) is 6.77. The van der Waals surface area contributed by atoms with Gasteiger partial charge in [0.1, 0.15) is 17.2 Å². The van der Waals surface area contributed by atoms with Crippen molar-refractivity contribution in [3.63, 3.8) is 0 Å². The molecule has 1 aliphatic rings. The van der Waals surface area contributed by atoms with Gasteiger partial charge in [0.05, 0.1) is 18.9 Å². The second kappa shape index (κ2) is 9.87. The molecule has 1 saturated heterocycles. The molecule has 0 bridgehead atoms. The van der Waals surface area contributed by atoms with Crippen molar-refractivity contribution in [2.24, 2.45) is 0 Å². The number of nitrogens with one attached hydrogen (secondary N) is 1. The van der Waals surface area contributed by atoms with E-state index in [9.17, 15) is 4.79 Å². The number of carbonyl (C=O) groups is 1. The number of morpholine rings is 1. The van der Waals surface area contributed by atoms with Crippen molar-refractivity contribution < 1.29 is 9.53 Å². The van der Waals surface area contributed by atoms with Crippen molar-refractivity contribution in [1.82, 2.24) is 14.3 Å². The fraction of sp³-hybridized carbons (Fsp3) is 0.417. The van der Waals surface area contributed by atoms with Gasteiger partial charge in [-0.05, 0) is 43.0 Å². The summed E-state index contributed by atoms with van der Waals surface area (Å²) < 4.78 is 7.58. The average molecular weight is 407 g/mol. The van der Waals surface area contributed by atoms with Gasteiger partial charge in [-0.15, -0.1) is 0 Å². The summed E-state index contributed by atoms with van der Waals surface area (Å²) in [7, 11) is 0. The smallest absolute Gasteiger partial charge is 0.138 e. The van der Waals surface area contributed by atoms with Crippen LogP contribution in [-0.4, -0.2) is 59.5 Å². The molecule has 0 saturated carbocycles. The van der Waals surface area contributed by atoms with Crippen molar-refractivity contribution in [3.8, 4) is 0 Å². The minimum absolute atomic E-state index is 0.195. The Morgan fingerprint density at radius 3 is 2.60 bits per heavy atom. The lowest BCUT2D eigenvalue weighted by atomic mass is 10.0. The van der Waals surface area contributed by atoms with Crippen molar-refractivity contribution in [2.75, 3.05) is 44.7 Å². The van der Waals surface area contributed by atoms with Crippen LogP contribution in [-0.2, 0) is 28.8 Å². The molecular formula is C24H30N4O2. The van der Waals surface area contributed by atoms with E-state index >= 15 is 0 Å². The lowest BCUT2D eigenvalue weighted by Gasteiger charge is -2.26. The molecule has 0 aliphatic carbocycles. The molecule has 4 rings (SSSR count). The van der Waals surface area contributed by atoms with Crippen molar-refractivity contribution >= 4 is 17.2 Å². The van der Waals surface area contributed by atoms with E-state index in [0.29, 0.717) is 6.42 Å². The van der Waals surface area contributed by atoms with Gasteiger partial charge in [0.25, 0.3) is 0 Å². The first-order valence-corrected chi connectivity index (χ1v) is 10.8. The highest BCUT2D eigenvalue weighted by Gasteiger charge is 2.14. The summed E-state index contributed by atoms with van der Waals surface area (Å²) in [5.41, 5.74) is 4.40. The fourth-order valence-corrected chi connectivity index (χ4v) is 3.94. The zero-order valence-corrected chi connectivity index (χ0v) is 17.6. The van der Waals surface area contributed by atoms with Crippen LogP contribution >= 0.6 is 0 Å². The normalized spacial score (nSPS) is 14.8. The van der Waals surface area contributed by atoms with Crippen LogP contribution in [0.5, 0.6) is 0 Å². The summed E-state index contributed by atoms with van der Waals surface area (Å²) in [6, 6.07) is 14.5. The number of ether oxygens (including phenoxy) is 1. The molecule has 158 valence electrons. The first-order chi connectivity index (χ1) is 14.7. The number of pyridine rings is 1. The molecular weight excluding hydrogens is 376 g/mol. The molecule has 1 fully saturated rings. The molecule has 0 amide bonds. The monoisotopic (exact) mass is 406 g/mol. The molecule has 1 aliphatic heterocycles. The zero-order valence-electron chi connectivity index (χ0n) is 17.6. The number of nitrogens with zero attached hydrogens (tertiary/aromatic N) is 3. The molecule has 0 unspecified atom stereocenters. The molecule has 3 heterocycles. The Balaban J connectivity index is 1.42. The highest BCUT2D eigenvalue weighted by atomic mass is 16.5. The number of fused-ring (bicyclic) bond motifs is 1. The third-order valence-electron chi connectivity index (χ3n) is 5.55. The van der Waals surface area contributed by atoms with Crippen LogP contribution < -0.4 is 5.32 Å². The van der Waals surface area contributed by atoms with E-state index in [4.69, 9.17) is 9.72 Å². The maximum absolute atomic E-state index is 11.3. The Labute approximate surface area is 177 Å². The van der Waals surface area contributed by atoms with E-state index < -0.39 is 0 Å². The Morgan fingerprint density at radius 2 is 1.83 bits per heavy atom. The summed E-state index contributed by atoms with van der Waals surface area (Å²) in [5, 5.41) is 3.63. The largest absolute Gasteiger partial charge is 0.379 e. The standard InChI is InChI=1S/C24H30N4O2/c1-19(29)18-21-7-5-20(6-8-21)9-10-22-24(28-12-3-2-4-23(28)26-22)25-11-13-27-14-16-30-17-15-27/h2-8,12,25H,9-11,13-18H2,1H3. The maximum Gasteiger partial charge on any atom is 0.138 e. The van der Waals surface area contributed by atoms with Gasteiger partial charge in [0, 0.05) is 38.8 Å². The zero-order chi connectivity index (χ0) is 20.8. The van der Waals surface area contributed by atoms with Crippen LogP contribution in [0.15, 0.2) is 48.7 Å². The van der Waals surface area contributed by atoms with Crippen LogP contribution in [0.25, 0.3) is 5.65 Å². The van der Waals surface area contributed by atoms with Crippen molar-refractivity contribution in [1.29, 1.82) is 0 Å². The second-order valence-electron chi connectivity index (χ2n) is 7.91. The summed E-state index contributed by atoms with van der Waals surface area (Å²) >= 11 is 0. The van der Waals surface area contributed by atoms with E-state index in [-0.39, 0.29) is 5.78 Å². The third kappa shape index (κ3) is 5.26. The number of carbonyl (C=O) groups excluding carboxylic acids is 1. The molecule has 1 N–H and O–H groups in total. The molecule has 3 aromatic rings. The van der Waals surface area contributed by atoms with Crippen LogP contribution in [0.4, 0.5) is 5.82 Å². The van der Waals surface area contributed by atoms with E-state index in [1.165, 1.54) is 5.56 Å². The fourth-order valence-electron chi connectivity index (χ4n) is 3.94. The quantitative estimate of drug-likeness (QED) is 0.592. The Morgan fingerprint density at radius 1 is 1.07 bits per heavy atom. The maximum atomic E-state index is 11.3. The first kappa shape index (κ1) is 20.6. The van der Waals surface area contributed by atoms with Crippen molar-refractivity contribution in [3.05, 3.63) is 65.5 Å². The van der Waals surface area contributed by atoms with Crippen molar-refractivity contribution in [2.45, 2.75) is 26.2 Å². The van der Waals surface area contributed by atoms with E-state index in [2.05, 4.69) is 45.1 Å². The van der Waals surface area contributed by atoms with Gasteiger partial charge in [-0.2, -0.15) is 0 Å². The molecule has 2 aromatic heterocycles. The van der Waals surface area contributed by atoms with Gasteiger partial charge in [0.15, 0.2) is 0 Å². The Bertz CT molecular complexity index is 975. The molecule has 1 aromatic carbocycles. The highest BCUT2D eigenvalue weighted by Crippen LogP contribution is 2.20. The summed E-state index contributed by atoms with van der Waals surface area (Å²) in [4.78, 5) is 18.6. The molecule has 0 spiro atoms. The lowest BCUT2D eigenvalue weighted by Crippen LogP contribution is -2.39. The summed E-state index contributed by atoms with van der Waals surface area (Å²) in [5.74, 6) is 1.28. The molecule has 6 heteroatoms. The SMILES string of the molecule is CC(=O)Cc1ccc(CCc2nc3ccccn3c2NCCN2CCOCC2)cc1. The van der Waals surface area contributed by atoms with Crippen LogP contribution in [0.2, 0.25) is 0 Å². The van der Waals surface area contributed by atoms with Gasteiger partial charge in [-0.1, -0.05) is 30.3 Å². The van der Waals surface area contributed by atoms with E-state index in [0.717, 1.165) is 75.0 Å². The summed E-state index contributed by atoms with van der Waals surface area (Å²) in [6.07, 6.45) is 4.36. The number of benzene rings is 1. The van der Waals surface area contributed by atoms with Crippen LogP contribution in [0.3, 0.4) is 0 Å². The lowest BCUT2D eigenvalue weighted by molar-refractivity contribution is -0.116. The molecule has 30 heavy (non-hydrogen) atoms. The summed E-state index contributed by atoms with van der Waals surface area (Å²) in [6.45, 7) is 7.17. The predicted octanol–water partition coefficient (Wildman–Crippen LogP) is 3.00. The predicted molar refractivity (Wildman–Crippen MR) is 119 cm³/mol. The number of Topliss-reactive ketones (excluding diaryl/α,β-unsaturated/α-hetero) is 1. The Hall–Kier alpha value is -2.70. The minimum Gasteiger partial charge on any atom is -0.379 e. The molecule has 0 radical (unpaired) electrons. The number of rotatable bonds is 9. The highest BCUT2D eigenvalue weighted by molar-refractivity contribution is 5.78. The van der Waals surface area contributed by atoms with E-state index in [1.807, 2.05) is 18.2 Å². The number of imidazole rings is 1. The van der Waals surface area contributed by atoms with Gasteiger partial charge in [0.2, 0.25) is 0 Å². The van der Waals surface area contributed by atoms with Gasteiger partial charge >= 0.3 is 0 Å². The minimum atomic E-state index is 0.195. The number of hydrogen-bond donors (Lipinski definition) is 1. The number of aromatic nitrogens is 2. The first-order valence-electron chi connectivity index (χ1n) is 10.8. The van der Waals surface area contributed by atoms with Gasteiger partial charge in [-0.25, -0.2) is 4.98 Å². The van der Waals surface area contributed by atoms with E-state index in [1.54, 1.807) is 6.92 Å². The molecule has 0 atom stereocenters. The topological polar surface area (TPSA) is 58.9 Å². The number of anilines is 1. The van der Waals surface area contributed by atoms with Gasteiger partial charge < -0.3 is 10.1 Å². The third-order valence-corrected chi connectivity index (χ3v) is 5.55. The number of hydrogen-bond acceptors (Lipinski definition) is 5. The number of ketones is 1. The second-order valence-corrected chi connectivity index (χ2v) is 7.91. The number of aryl methyl sites for hydroxylation is 2. The van der Waals surface area contributed by atoms with Crippen LogP contribution in [0, 0.1) is 0 Å². The van der Waals surface area contributed by atoms with Crippen LogP contribution in [0.1, 0.15) is 23.7 Å². The van der Waals surface area contributed by atoms with Gasteiger partial charge in [-0.3, -0.25) is 14.1 Å².